The number of hydrogen-bond acceptors (Lipinski definition) is 3. The smallest absolute Gasteiger partial charge is 0.251 e. The third-order valence-electron chi connectivity index (χ3n) is 6.25. The Morgan fingerprint density at radius 3 is 2.23 bits per heavy atom. The van der Waals surface area contributed by atoms with Crippen molar-refractivity contribution in [3.8, 4) is 0 Å². The summed E-state index contributed by atoms with van der Waals surface area (Å²) in [4.78, 5) is 12.8. The number of nitrogens with two attached hydrogens (primary N) is 1. The number of rotatable bonds is 5. The highest BCUT2D eigenvalue weighted by Crippen LogP contribution is 2.54. The van der Waals surface area contributed by atoms with Crippen molar-refractivity contribution < 1.29 is 9.53 Å². The minimum atomic E-state index is -0.114. The van der Waals surface area contributed by atoms with Gasteiger partial charge in [-0.3, -0.25) is 10.2 Å². The standard InChI is InChI=1S/C26H25N3O2/c1-14(2)17-7-9-19-21(11-17)24-22-12-18(8-10-20(22)23(19)31-24)26(30)29-13-15-3-5-16(6-4-15)25(27)28/h3-12,14,23-24H,13H2,1-2H3,(H3,27,28)(H,29,30)/t23-,24+/m0/s1. The van der Waals surface area contributed by atoms with E-state index in [4.69, 9.17) is 15.9 Å². The van der Waals surface area contributed by atoms with E-state index in [-0.39, 0.29) is 24.0 Å². The first-order valence-electron chi connectivity index (χ1n) is 10.6. The molecule has 0 aliphatic carbocycles. The van der Waals surface area contributed by atoms with Crippen LogP contribution in [0.4, 0.5) is 0 Å². The fourth-order valence-corrected chi connectivity index (χ4v) is 4.45. The van der Waals surface area contributed by atoms with Crippen LogP contribution in [0.3, 0.4) is 0 Å². The number of carbonyl (C=O) groups is 1. The van der Waals surface area contributed by atoms with E-state index in [9.17, 15) is 4.79 Å². The molecule has 4 N–H and O–H groups in total. The van der Waals surface area contributed by atoms with Gasteiger partial charge in [-0.15, -0.1) is 0 Å². The molecule has 2 atom stereocenters. The van der Waals surface area contributed by atoms with Crippen LogP contribution in [0, 0.1) is 5.41 Å². The topological polar surface area (TPSA) is 88.2 Å². The van der Waals surface area contributed by atoms with Gasteiger partial charge >= 0.3 is 0 Å². The molecule has 0 saturated carbocycles. The minimum absolute atomic E-state index is 0.0342. The number of nitrogen functional groups attached to an aromatic ring is 1. The molecule has 0 radical (unpaired) electrons. The van der Waals surface area contributed by atoms with Gasteiger partial charge < -0.3 is 15.8 Å². The maximum absolute atomic E-state index is 12.8. The molecular weight excluding hydrogens is 386 g/mol. The first-order chi connectivity index (χ1) is 14.9. The predicted octanol–water partition coefficient (Wildman–Crippen LogP) is 4.55. The summed E-state index contributed by atoms with van der Waals surface area (Å²) in [6.45, 7) is 4.80. The van der Waals surface area contributed by atoms with Crippen molar-refractivity contribution in [1.29, 1.82) is 5.41 Å². The lowest BCUT2D eigenvalue weighted by molar-refractivity contribution is 0.0857. The molecule has 2 aliphatic rings. The minimum Gasteiger partial charge on any atom is -0.384 e. The number of hydrogen-bond donors (Lipinski definition) is 3. The largest absolute Gasteiger partial charge is 0.384 e. The summed E-state index contributed by atoms with van der Waals surface area (Å²) in [5, 5.41) is 10.4. The number of amidine groups is 1. The number of amides is 1. The highest BCUT2D eigenvalue weighted by Gasteiger charge is 2.43. The molecule has 2 aliphatic heterocycles. The molecule has 5 nitrogen and oxygen atoms in total. The van der Waals surface area contributed by atoms with Crippen molar-refractivity contribution >= 4 is 11.7 Å². The van der Waals surface area contributed by atoms with Crippen LogP contribution in [-0.2, 0) is 11.3 Å². The van der Waals surface area contributed by atoms with Crippen molar-refractivity contribution in [2.24, 2.45) is 5.73 Å². The number of carbonyl (C=O) groups excluding carboxylic acids is 1. The number of fused-ring (bicyclic) bond motifs is 8. The average Bonchev–Trinajstić information content (AvgIpc) is 3.34. The van der Waals surface area contributed by atoms with Gasteiger partial charge in [0.2, 0.25) is 0 Å². The molecule has 0 aromatic heterocycles. The van der Waals surface area contributed by atoms with Gasteiger partial charge in [0.25, 0.3) is 5.91 Å². The monoisotopic (exact) mass is 411 g/mol. The van der Waals surface area contributed by atoms with Crippen molar-refractivity contribution in [2.75, 3.05) is 0 Å². The van der Waals surface area contributed by atoms with Crippen LogP contribution >= 0.6 is 0 Å². The summed E-state index contributed by atoms with van der Waals surface area (Å²) >= 11 is 0. The number of benzene rings is 3. The second-order valence-electron chi connectivity index (χ2n) is 8.58. The molecule has 1 amide bonds. The molecule has 0 unspecified atom stereocenters. The maximum atomic E-state index is 12.8. The fourth-order valence-electron chi connectivity index (χ4n) is 4.45. The molecular formula is C26H25N3O2. The summed E-state index contributed by atoms with van der Waals surface area (Å²) < 4.78 is 6.28. The summed E-state index contributed by atoms with van der Waals surface area (Å²) in [6, 6.07) is 19.8. The van der Waals surface area contributed by atoms with E-state index in [2.05, 4.69) is 37.4 Å². The molecule has 5 heteroatoms. The lowest BCUT2D eigenvalue weighted by Crippen LogP contribution is -2.23. The molecule has 31 heavy (non-hydrogen) atoms. The van der Waals surface area contributed by atoms with E-state index in [0.29, 0.717) is 23.6 Å². The highest BCUT2D eigenvalue weighted by molar-refractivity contribution is 5.95. The van der Waals surface area contributed by atoms with Crippen LogP contribution in [0.2, 0.25) is 0 Å². The van der Waals surface area contributed by atoms with Crippen LogP contribution in [-0.4, -0.2) is 11.7 Å². The number of nitrogens with one attached hydrogen (secondary N) is 2. The van der Waals surface area contributed by atoms with Gasteiger partial charge in [0, 0.05) is 17.7 Å². The van der Waals surface area contributed by atoms with Gasteiger partial charge in [-0.25, -0.2) is 0 Å². The van der Waals surface area contributed by atoms with Crippen LogP contribution < -0.4 is 11.1 Å². The van der Waals surface area contributed by atoms with E-state index in [1.807, 2.05) is 30.3 Å². The Morgan fingerprint density at radius 2 is 1.55 bits per heavy atom. The Morgan fingerprint density at radius 1 is 0.935 bits per heavy atom. The second-order valence-corrected chi connectivity index (χ2v) is 8.58. The van der Waals surface area contributed by atoms with Crippen molar-refractivity contribution in [3.05, 3.63) is 105 Å². The lowest BCUT2D eigenvalue weighted by atomic mass is 9.83. The molecule has 0 spiro atoms. The SMILES string of the molecule is CC(C)c1ccc2c(c1)[C@H]1O[C@@H]2c2ccc(C(=O)NCc3ccc(C(=N)N)cc3)cc21. The van der Waals surface area contributed by atoms with Crippen molar-refractivity contribution in [1.82, 2.24) is 5.32 Å². The second kappa shape index (κ2) is 7.36. The Kier molecular flexibility index (Phi) is 4.63. The van der Waals surface area contributed by atoms with E-state index in [1.54, 1.807) is 12.1 Å². The predicted molar refractivity (Wildman–Crippen MR) is 120 cm³/mol. The third kappa shape index (κ3) is 3.31. The summed E-state index contributed by atoms with van der Waals surface area (Å²) in [7, 11) is 0. The van der Waals surface area contributed by atoms with Crippen LogP contribution in [0.25, 0.3) is 0 Å². The summed E-state index contributed by atoms with van der Waals surface area (Å²) in [5.74, 6) is 0.384. The molecule has 2 bridgehead atoms. The Hall–Kier alpha value is -3.44. The molecule has 3 aromatic rings. The Balaban J connectivity index is 1.34. The van der Waals surface area contributed by atoms with Crippen molar-refractivity contribution in [2.45, 2.75) is 38.5 Å². The molecule has 2 heterocycles. The Labute approximate surface area is 181 Å². The van der Waals surface area contributed by atoms with Gasteiger partial charge in [0.05, 0.1) is 0 Å². The highest BCUT2D eigenvalue weighted by atomic mass is 16.5. The first kappa shape index (κ1) is 19.5. The summed E-state index contributed by atoms with van der Waals surface area (Å²) in [5.41, 5.74) is 13.8. The zero-order valence-corrected chi connectivity index (χ0v) is 17.6. The average molecular weight is 412 g/mol. The van der Waals surface area contributed by atoms with E-state index < -0.39 is 0 Å². The van der Waals surface area contributed by atoms with Crippen LogP contribution in [0.5, 0.6) is 0 Å². The van der Waals surface area contributed by atoms with Gasteiger partial charge in [-0.1, -0.05) is 62.4 Å². The van der Waals surface area contributed by atoms with Gasteiger partial charge in [-0.05, 0) is 51.4 Å². The van der Waals surface area contributed by atoms with E-state index in [0.717, 1.165) is 16.7 Å². The van der Waals surface area contributed by atoms with Gasteiger partial charge in [-0.2, -0.15) is 0 Å². The third-order valence-corrected chi connectivity index (χ3v) is 6.25. The molecule has 0 saturated heterocycles. The Bertz CT molecular complexity index is 1200. The van der Waals surface area contributed by atoms with Crippen LogP contribution in [0.1, 0.15) is 81.3 Å². The van der Waals surface area contributed by atoms with E-state index >= 15 is 0 Å². The maximum Gasteiger partial charge on any atom is 0.251 e. The number of ether oxygens (including phenoxy) is 1. The molecule has 5 rings (SSSR count). The normalized spacial score (nSPS) is 18.0. The van der Waals surface area contributed by atoms with Gasteiger partial charge in [0.1, 0.15) is 18.0 Å². The van der Waals surface area contributed by atoms with Crippen LogP contribution in [0.15, 0.2) is 60.7 Å². The lowest BCUT2D eigenvalue weighted by Gasteiger charge is -2.18. The fraction of sp³-hybridized carbons (Fsp3) is 0.231. The quantitative estimate of drug-likeness (QED) is 0.425. The summed E-state index contributed by atoms with van der Waals surface area (Å²) in [6.07, 6.45) is -0.131. The van der Waals surface area contributed by atoms with E-state index in [1.165, 1.54) is 16.7 Å². The first-order valence-corrected chi connectivity index (χ1v) is 10.6. The molecule has 0 fully saturated rings. The van der Waals surface area contributed by atoms with Crippen molar-refractivity contribution in [3.63, 3.8) is 0 Å². The molecule has 3 aromatic carbocycles. The zero-order valence-electron chi connectivity index (χ0n) is 17.6. The zero-order chi connectivity index (χ0) is 21.7. The molecule has 156 valence electrons. The van der Waals surface area contributed by atoms with Gasteiger partial charge in [0.15, 0.2) is 0 Å².